The van der Waals surface area contributed by atoms with Crippen molar-refractivity contribution in [3.8, 4) is 0 Å². The quantitative estimate of drug-likeness (QED) is 0.738. The first kappa shape index (κ1) is 11.1. The Hall–Kier alpha value is 0.140. The predicted molar refractivity (Wildman–Crippen MR) is 51.8 cm³/mol. The number of aliphatic hydroxyl groups excluding tert-OH is 1. The third-order valence-electron chi connectivity index (χ3n) is 1.35. The zero-order valence-corrected chi connectivity index (χ0v) is 8.74. The fraction of sp³-hybridized carbons (Fsp3) is 0.750. The van der Waals surface area contributed by atoms with Gasteiger partial charge in [-0.1, -0.05) is 36.4 Å². The minimum atomic E-state index is -0.0392. The first-order chi connectivity index (χ1) is 4.98. The topological polar surface area (TPSA) is 32.3 Å². The summed E-state index contributed by atoms with van der Waals surface area (Å²) in [5.74, 6) is 0. The van der Waals surface area contributed by atoms with Crippen molar-refractivity contribution in [3.05, 3.63) is 11.1 Å². The summed E-state index contributed by atoms with van der Waals surface area (Å²) < 4.78 is 0.936. The van der Waals surface area contributed by atoms with Crippen molar-refractivity contribution in [2.75, 3.05) is 19.7 Å². The van der Waals surface area contributed by atoms with E-state index in [2.05, 4.69) is 27.8 Å². The van der Waals surface area contributed by atoms with E-state index in [1.807, 2.05) is 13.8 Å². The predicted octanol–water partition coefficient (Wildman–Crippen LogP) is 1.50. The molecule has 0 heterocycles. The largest absolute Gasteiger partial charge is 0.396 e. The smallest absolute Gasteiger partial charge is 0.0494 e. The van der Waals surface area contributed by atoms with Crippen LogP contribution in [0.3, 0.4) is 0 Å². The van der Waals surface area contributed by atoms with Crippen LogP contribution in [-0.4, -0.2) is 24.8 Å². The number of halogens is 1. The van der Waals surface area contributed by atoms with Crippen molar-refractivity contribution < 1.29 is 5.11 Å². The second-order valence-corrected chi connectivity index (χ2v) is 4.56. The molecule has 66 valence electrons. The molecule has 0 aromatic carbocycles. The highest BCUT2D eigenvalue weighted by Gasteiger charge is 2.14. The Labute approximate surface area is 76.8 Å². The molecule has 3 heteroatoms. The van der Waals surface area contributed by atoms with Gasteiger partial charge in [0.2, 0.25) is 0 Å². The minimum Gasteiger partial charge on any atom is -0.396 e. The molecule has 0 aliphatic rings. The van der Waals surface area contributed by atoms with E-state index in [4.69, 9.17) is 5.11 Å². The lowest BCUT2D eigenvalue weighted by Gasteiger charge is -2.21. The SMILES string of the molecule is C=C(Br)CNCC(C)(C)CO. The highest BCUT2D eigenvalue weighted by Crippen LogP contribution is 2.11. The van der Waals surface area contributed by atoms with Crippen molar-refractivity contribution in [3.63, 3.8) is 0 Å². The van der Waals surface area contributed by atoms with Gasteiger partial charge in [0.05, 0.1) is 0 Å². The molecule has 0 rings (SSSR count). The fourth-order valence-corrected chi connectivity index (χ4v) is 0.791. The molecule has 0 radical (unpaired) electrons. The molecule has 0 aliphatic carbocycles. The molecule has 11 heavy (non-hydrogen) atoms. The van der Waals surface area contributed by atoms with E-state index in [1.54, 1.807) is 0 Å². The second kappa shape index (κ2) is 4.91. The van der Waals surface area contributed by atoms with Gasteiger partial charge in [0.1, 0.15) is 0 Å². The number of aliphatic hydroxyl groups is 1. The molecule has 0 amide bonds. The van der Waals surface area contributed by atoms with Crippen LogP contribution in [0.2, 0.25) is 0 Å². The van der Waals surface area contributed by atoms with Crippen molar-refractivity contribution in [1.82, 2.24) is 5.32 Å². The maximum absolute atomic E-state index is 8.89. The van der Waals surface area contributed by atoms with E-state index in [0.717, 1.165) is 17.6 Å². The lowest BCUT2D eigenvalue weighted by atomic mass is 9.95. The van der Waals surface area contributed by atoms with E-state index in [-0.39, 0.29) is 12.0 Å². The summed E-state index contributed by atoms with van der Waals surface area (Å²) in [5.41, 5.74) is -0.0392. The second-order valence-electron chi connectivity index (χ2n) is 3.44. The Kier molecular flexibility index (Phi) is 4.97. The van der Waals surface area contributed by atoms with Gasteiger partial charge in [-0.3, -0.25) is 0 Å². The van der Waals surface area contributed by atoms with Gasteiger partial charge in [-0.05, 0) is 0 Å². The van der Waals surface area contributed by atoms with Gasteiger partial charge in [-0.25, -0.2) is 0 Å². The van der Waals surface area contributed by atoms with E-state index < -0.39 is 0 Å². The molecular weight excluding hydrogens is 206 g/mol. The summed E-state index contributed by atoms with van der Waals surface area (Å²) in [7, 11) is 0. The normalized spacial score (nSPS) is 11.6. The van der Waals surface area contributed by atoms with Gasteiger partial charge in [0.15, 0.2) is 0 Å². The third-order valence-corrected chi connectivity index (χ3v) is 1.63. The number of rotatable bonds is 5. The fourth-order valence-electron chi connectivity index (χ4n) is 0.592. The van der Waals surface area contributed by atoms with E-state index in [1.165, 1.54) is 0 Å². The summed E-state index contributed by atoms with van der Waals surface area (Å²) in [6.45, 7) is 9.47. The zero-order valence-electron chi connectivity index (χ0n) is 7.15. The van der Waals surface area contributed by atoms with Gasteiger partial charge in [-0.15, -0.1) is 0 Å². The van der Waals surface area contributed by atoms with Crippen LogP contribution >= 0.6 is 15.9 Å². The summed E-state index contributed by atoms with van der Waals surface area (Å²) in [6, 6.07) is 0. The maximum atomic E-state index is 8.89. The van der Waals surface area contributed by atoms with Crippen LogP contribution in [0.1, 0.15) is 13.8 Å². The molecule has 0 saturated heterocycles. The number of hydrogen-bond donors (Lipinski definition) is 2. The molecule has 0 aliphatic heterocycles. The van der Waals surface area contributed by atoms with E-state index >= 15 is 0 Å². The average molecular weight is 222 g/mol. The summed E-state index contributed by atoms with van der Waals surface area (Å²) in [6.07, 6.45) is 0. The van der Waals surface area contributed by atoms with Crippen LogP contribution < -0.4 is 5.32 Å². The van der Waals surface area contributed by atoms with Crippen LogP contribution in [0, 0.1) is 5.41 Å². The van der Waals surface area contributed by atoms with Crippen LogP contribution in [0.5, 0.6) is 0 Å². The lowest BCUT2D eigenvalue weighted by molar-refractivity contribution is 0.158. The highest BCUT2D eigenvalue weighted by atomic mass is 79.9. The monoisotopic (exact) mass is 221 g/mol. The number of hydrogen-bond acceptors (Lipinski definition) is 2. The molecule has 0 fully saturated rings. The molecule has 0 unspecified atom stereocenters. The van der Waals surface area contributed by atoms with Crippen molar-refractivity contribution in [2.24, 2.45) is 5.41 Å². The summed E-state index contributed by atoms with van der Waals surface area (Å²) in [4.78, 5) is 0. The summed E-state index contributed by atoms with van der Waals surface area (Å²) in [5, 5.41) is 12.1. The molecule has 2 N–H and O–H groups in total. The summed E-state index contributed by atoms with van der Waals surface area (Å²) >= 11 is 3.24. The number of nitrogens with one attached hydrogen (secondary N) is 1. The van der Waals surface area contributed by atoms with E-state index in [9.17, 15) is 0 Å². The molecule has 0 aromatic rings. The molecule has 0 spiro atoms. The van der Waals surface area contributed by atoms with Crippen molar-refractivity contribution in [1.29, 1.82) is 0 Å². The minimum absolute atomic E-state index is 0.0392. The Morgan fingerprint density at radius 2 is 2.18 bits per heavy atom. The van der Waals surface area contributed by atoms with Gasteiger partial charge in [0.25, 0.3) is 0 Å². The van der Waals surface area contributed by atoms with Gasteiger partial charge in [-0.2, -0.15) is 0 Å². The van der Waals surface area contributed by atoms with Crippen LogP contribution in [0.25, 0.3) is 0 Å². The van der Waals surface area contributed by atoms with Crippen LogP contribution in [-0.2, 0) is 0 Å². The Morgan fingerprint density at radius 1 is 1.64 bits per heavy atom. The van der Waals surface area contributed by atoms with Crippen LogP contribution in [0.15, 0.2) is 11.1 Å². The standard InChI is InChI=1S/C8H16BrNO/c1-7(9)4-10-5-8(2,3)6-11/h10-11H,1,4-6H2,2-3H3. The molecule has 0 saturated carbocycles. The van der Waals surface area contributed by atoms with Gasteiger partial charge < -0.3 is 10.4 Å². The molecular formula is C8H16BrNO. The zero-order chi connectivity index (χ0) is 8.91. The first-order valence-corrected chi connectivity index (χ1v) is 4.42. The van der Waals surface area contributed by atoms with Crippen molar-refractivity contribution >= 4 is 15.9 Å². The third kappa shape index (κ3) is 6.53. The van der Waals surface area contributed by atoms with Gasteiger partial charge in [0, 0.05) is 29.6 Å². The maximum Gasteiger partial charge on any atom is 0.0494 e. The lowest BCUT2D eigenvalue weighted by Crippen LogP contribution is -2.32. The molecule has 2 nitrogen and oxygen atoms in total. The Morgan fingerprint density at radius 3 is 2.55 bits per heavy atom. The highest BCUT2D eigenvalue weighted by molar-refractivity contribution is 9.11. The average Bonchev–Trinajstić information content (AvgIpc) is 1.87. The molecule has 0 bridgehead atoms. The Balaban J connectivity index is 3.45. The van der Waals surface area contributed by atoms with Crippen molar-refractivity contribution in [2.45, 2.75) is 13.8 Å². The van der Waals surface area contributed by atoms with E-state index in [0.29, 0.717) is 0 Å². The molecule has 0 aromatic heterocycles. The Bertz CT molecular complexity index is 134. The van der Waals surface area contributed by atoms with Gasteiger partial charge >= 0.3 is 0 Å². The first-order valence-electron chi connectivity index (χ1n) is 3.63. The van der Waals surface area contributed by atoms with Crippen LogP contribution in [0.4, 0.5) is 0 Å². The molecule has 0 atom stereocenters.